The van der Waals surface area contributed by atoms with E-state index in [1.165, 1.54) is 12.3 Å². The summed E-state index contributed by atoms with van der Waals surface area (Å²) in [5.41, 5.74) is 11.8. The number of aldehydes is 1. The first kappa shape index (κ1) is 21.5. The van der Waals surface area contributed by atoms with Crippen LogP contribution in [0.25, 0.3) is 0 Å². The molecule has 1 aromatic carbocycles. The highest BCUT2D eigenvalue weighted by atomic mass is 19.1. The van der Waals surface area contributed by atoms with Crippen molar-refractivity contribution in [2.75, 3.05) is 12.3 Å². The highest BCUT2D eigenvalue weighted by Gasteiger charge is 2.27. The summed E-state index contributed by atoms with van der Waals surface area (Å²) in [5.74, 6) is -1.17. The number of nitrogen functional groups attached to an aromatic ring is 1. The van der Waals surface area contributed by atoms with E-state index in [4.69, 9.17) is 11.5 Å². The summed E-state index contributed by atoms with van der Waals surface area (Å²) in [7, 11) is 0. The van der Waals surface area contributed by atoms with Gasteiger partial charge in [0.25, 0.3) is 0 Å². The number of rotatable bonds is 10. The second-order valence-corrected chi connectivity index (χ2v) is 6.97. The second kappa shape index (κ2) is 9.91. The summed E-state index contributed by atoms with van der Waals surface area (Å²) >= 11 is 0. The van der Waals surface area contributed by atoms with Gasteiger partial charge in [0, 0.05) is 19.3 Å². The minimum Gasteiger partial charge on any atom is -0.381 e. The predicted octanol–water partition coefficient (Wildman–Crippen LogP) is 0.926. The molecule has 0 aliphatic carbocycles. The maximum Gasteiger partial charge on any atom is 0.237 e. The molecule has 0 unspecified atom stereocenters. The van der Waals surface area contributed by atoms with Crippen LogP contribution in [0, 0.1) is 5.82 Å². The maximum absolute atomic E-state index is 13.4. The standard InChI is InChI=1S/C20H26FN5O2/c1-20(13-27,12-24-10-15-9-16(21)18(23)25-11-15)26-19(28)17(22)8-7-14-5-3-2-4-6-14/h2-6,9,11,13,17,24H,7-8,10,12,22H2,1H3,(H2,23,25)(H,26,28)/t17-,20-/m1/s1. The highest BCUT2D eigenvalue weighted by molar-refractivity contribution is 5.85. The van der Waals surface area contributed by atoms with Crippen LogP contribution in [0.4, 0.5) is 10.2 Å². The molecular formula is C20H26FN5O2. The lowest BCUT2D eigenvalue weighted by Gasteiger charge is -2.27. The average molecular weight is 387 g/mol. The van der Waals surface area contributed by atoms with Gasteiger partial charge in [-0.1, -0.05) is 30.3 Å². The molecule has 6 N–H and O–H groups in total. The normalized spacial score (nSPS) is 14.1. The Bertz CT molecular complexity index is 802. The number of amides is 1. The molecule has 2 rings (SSSR count). The van der Waals surface area contributed by atoms with Crippen molar-refractivity contribution in [3.8, 4) is 0 Å². The molecule has 0 saturated carbocycles. The maximum atomic E-state index is 13.4. The fourth-order valence-corrected chi connectivity index (χ4v) is 2.64. The SMILES string of the molecule is C[C@](C=O)(CNCc1cnc(N)c(F)c1)NC(=O)[C@H](N)CCc1ccccc1. The van der Waals surface area contributed by atoms with Crippen molar-refractivity contribution in [2.45, 2.75) is 37.9 Å². The Kier molecular flexibility index (Phi) is 7.60. The zero-order valence-electron chi connectivity index (χ0n) is 15.8. The molecule has 28 heavy (non-hydrogen) atoms. The quantitative estimate of drug-likeness (QED) is 0.450. The van der Waals surface area contributed by atoms with Gasteiger partial charge in [-0.2, -0.15) is 0 Å². The molecule has 0 spiro atoms. The van der Waals surface area contributed by atoms with E-state index in [0.29, 0.717) is 24.7 Å². The molecule has 8 heteroatoms. The Morgan fingerprint density at radius 1 is 1.32 bits per heavy atom. The van der Waals surface area contributed by atoms with Crippen LogP contribution < -0.4 is 22.1 Å². The van der Waals surface area contributed by atoms with Gasteiger partial charge in [-0.3, -0.25) is 4.79 Å². The van der Waals surface area contributed by atoms with Crippen molar-refractivity contribution in [1.82, 2.24) is 15.6 Å². The molecule has 0 radical (unpaired) electrons. The molecule has 1 aromatic heterocycles. The first-order chi connectivity index (χ1) is 13.3. The van der Waals surface area contributed by atoms with Crippen molar-refractivity contribution in [3.05, 3.63) is 59.5 Å². The van der Waals surface area contributed by atoms with E-state index in [0.717, 1.165) is 5.56 Å². The van der Waals surface area contributed by atoms with Crippen LogP contribution in [0.1, 0.15) is 24.5 Å². The Labute approximate surface area is 163 Å². The van der Waals surface area contributed by atoms with E-state index in [1.807, 2.05) is 30.3 Å². The Balaban J connectivity index is 1.83. The summed E-state index contributed by atoms with van der Waals surface area (Å²) in [6, 6.07) is 10.3. The fourth-order valence-electron chi connectivity index (χ4n) is 2.64. The molecule has 0 saturated heterocycles. The van der Waals surface area contributed by atoms with E-state index in [2.05, 4.69) is 15.6 Å². The molecule has 0 bridgehead atoms. The number of nitrogens with zero attached hydrogens (tertiary/aromatic N) is 1. The monoisotopic (exact) mass is 387 g/mol. The zero-order chi connectivity index (χ0) is 20.6. The number of halogens is 1. The molecule has 0 aliphatic heterocycles. The molecule has 7 nitrogen and oxygen atoms in total. The first-order valence-corrected chi connectivity index (χ1v) is 9.01. The molecule has 1 heterocycles. The molecule has 2 aromatic rings. The minimum absolute atomic E-state index is 0.152. The predicted molar refractivity (Wildman–Crippen MR) is 106 cm³/mol. The number of anilines is 1. The third kappa shape index (κ3) is 6.40. The number of nitrogens with one attached hydrogen (secondary N) is 2. The number of aryl methyl sites for hydroxylation is 1. The third-order valence-electron chi connectivity index (χ3n) is 4.34. The summed E-state index contributed by atoms with van der Waals surface area (Å²) in [5, 5.41) is 5.69. The summed E-state index contributed by atoms with van der Waals surface area (Å²) in [4.78, 5) is 27.6. The summed E-state index contributed by atoms with van der Waals surface area (Å²) in [6.45, 7) is 2.01. The van der Waals surface area contributed by atoms with Gasteiger partial charge in [0.15, 0.2) is 11.6 Å². The minimum atomic E-state index is -1.14. The van der Waals surface area contributed by atoms with Crippen molar-refractivity contribution < 1.29 is 14.0 Å². The van der Waals surface area contributed by atoms with Crippen LogP contribution >= 0.6 is 0 Å². The average Bonchev–Trinajstić information content (AvgIpc) is 2.69. The van der Waals surface area contributed by atoms with E-state index in [9.17, 15) is 14.0 Å². The molecule has 150 valence electrons. The number of carbonyl (C=O) groups is 2. The third-order valence-corrected chi connectivity index (χ3v) is 4.34. The van der Waals surface area contributed by atoms with Gasteiger partial charge < -0.3 is 26.9 Å². The van der Waals surface area contributed by atoms with Crippen molar-refractivity contribution in [2.24, 2.45) is 5.73 Å². The smallest absolute Gasteiger partial charge is 0.237 e. The number of pyridine rings is 1. The van der Waals surface area contributed by atoms with Gasteiger partial charge in [-0.25, -0.2) is 9.37 Å². The van der Waals surface area contributed by atoms with Crippen molar-refractivity contribution in [1.29, 1.82) is 0 Å². The highest BCUT2D eigenvalue weighted by Crippen LogP contribution is 2.09. The van der Waals surface area contributed by atoms with Crippen LogP contribution in [-0.4, -0.2) is 35.3 Å². The lowest BCUT2D eigenvalue weighted by Crippen LogP contribution is -2.57. The van der Waals surface area contributed by atoms with Crippen molar-refractivity contribution in [3.63, 3.8) is 0 Å². The number of hydrogen-bond donors (Lipinski definition) is 4. The molecule has 1 amide bonds. The van der Waals surface area contributed by atoms with Crippen LogP contribution in [0.5, 0.6) is 0 Å². The van der Waals surface area contributed by atoms with E-state index in [-0.39, 0.29) is 18.9 Å². The number of nitrogens with two attached hydrogens (primary N) is 2. The van der Waals surface area contributed by atoms with E-state index < -0.39 is 23.3 Å². The van der Waals surface area contributed by atoms with Gasteiger partial charge in [-0.15, -0.1) is 0 Å². The molecular weight excluding hydrogens is 361 g/mol. The fraction of sp³-hybridized carbons (Fsp3) is 0.350. The van der Waals surface area contributed by atoms with Crippen LogP contribution in [0.3, 0.4) is 0 Å². The summed E-state index contributed by atoms with van der Waals surface area (Å²) in [6.07, 6.45) is 3.24. The number of aromatic nitrogens is 1. The van der Waals surface area contributed by atoms with Crippen LogP contribution in [0.15, 0.2) is 42.6 Å². The van der Waals surface area contributed by atoms with Gasteiger partial charge in [-0.05, 0) is 37.0 Å². The van der Waals surface area contributed by atoms with Crippen molar-refractivity contribution >= 4 is 18.0 Å². The van der Waals surface area contributed by atoms with E-state index in [1.54, 1.807) is 6.92 Å². The number of benzene rings is 1. The zero-order valence-corrected chi connectivity index (χ0v) is 15.8. The molecule has 0 fully saturated rings. The van der Waals surface area contributed by atoms with E-state index >= 15 is 0 Å². The van der Waals surface area contributed by atoms with Crippen LogP contribution in [0.2, 0.25) is 0 Å². The first-order valence-electron chi connectivity index (χ1n) is 9.01. The molecule has 0 aliphatic rings. The van der Waals surface area contributed by atoms with Gasteiger partial charge in [0.1, 0.15) is 11.8 Å². The Morgan fingerprint density at radius 2 is 2.04 bits per heavy atom. The van der Waals surface area contributed by atoms with Crippen LogP contribution in [-0.2, 0) is 22.6 Å². The largest absolute Gasteiger partial charge is 0.381 e. The lowest BCUT2D eigenvalue weighted by atomic mass is 10.0. The van der Waals surface area contributed by atoms with Gasteiger partial charge >= 0.3 is 0 Å². The Hall–Kier alpha value is -2.84. The number of hydrogen-bond acceptors (Lipinski definition) is 6. The summed E-state index contributed by atoms with van der Waals surface area (Å²) < 4.78 is 13.4. The van der Waals surface area contributed by atoms with Gasteiger partial charge in [0.05, 0.1) is 6.04 Å². The second-order valence-electron chi connectivity index (χ2n) is 6.97. The van der Waals surface area contributed by atoms with Gasteiger partial charge in [0.2, 0.25) is 5.91 Å². The topological polar surface area (TPSA) is 123 Å². The lowest BCUT2D eigenvalue weighted by molar-refractivity contribution is -0.127. The molecule has 2 atom stereocenters. The number of carbonyl (C=O) groups excluding carboxylic acids is 2. The Morgan fingerprint density at radius 3 is 2.68 bits per heavy atom.